The summed E-state index contributed by atoms with van der Waals surface area (Å²) in [6, 6.07) is 6.62. The summed E-state index contributed by atoms with van der Waals surface area (Å²) in [5.74, 6) is -0.309. The Kier molecular flexibility index (Phi) is 6.32. The fourth-order valence-electron chi connectivity index (χ4n) is 3.85. The molecule has 0 spiro atoms. The van der Waals surface area contributed by atoms with Crippen LogP contribution >= 0.6 is 0 Å². The summed E-state index contributed by atoms with van der Waals surface area (Å²) in [6.45, 7) is 2.06. The highest BCUT2D eigenvalue weighted by atomic mass is 16.2. The van der Waals surface area contributed by atoms with Gasteiger partial charge in [-0.3, -0.25) is 9.59 Å². The van der Waals surface area contributed by atoms with Crippen LogP contribution in [0.3, 0.4) is 0 Å². The molecular weight excluding hydrogens is 344 g/mol. The third-order valence-electron chi connectivity index (χ3n) is 5.22. The predicted octanol–water partition coefficient (Wildman–Crippen LogP) is 3.09. The van der Waals surface area contributed by atoms with Crippen molar-refractivity contribution in [2.24, 2.45) is 0 Å². The zero-order valence-corrected chi connectivity index (χ0v) is 15.8. The average Bonchev–Trinajstić information content (AvgIpc) is 3.14. The average molecular weight is 372 g/mol. The maximum absolute atomic E-state index is 12.7. The Morgan fingerprint density at radius 3 is 2.15 bits per heavy atom. The number of hydrogen-bond acceptors (Lipinski definition) is 3. The smallest absolute Gasteiger partial charge is 0.318 e. The normalized spacial score (nSPS) is 20.2. The SMILES string of the molecule is CC(=O)Nc1ccc(NC(=O)[C@@H]2CCCN2C(=O)NC2CCCCC2)cc1. The zero-order chi connectivity index (χ0) is 19.2. The molecule has 1 aromatic carbocycles. The van der Waals surface area contributed by atoms with Crippen molar-refractivity contribution < 1.29 is 14.4 Å². The van der Waals surface area contributed by atoms with Crippen LogP contribution in [0.1, 0.15) is 51.9 Å². The van der Waals surface area contributed by atoms with Crippen LogP contribution in [0.15, 0.2) is 24.3 Å². The van der Waals surface area contributed by atoms with Crippen molar-refractivity contribution in [1.29, 1.82) is 0 Å². The summed E-state index contributed by atoms with van der Waals surface area (Å²) >= 11 is 0. The molecule has 27 heavy (non-hydrogen) atoms. The van der Waals surface area contributed by atoms with E-state index in [1.165, 1.54) is 13.3 Å². The monoisotopic (exact) mass is 372 g/mol. The lowest BCUT2D eigenvalue weighted by molar-refractivity contribution is -0.119. The standard InChI is InChI=1S/C20H28N4O3/c1-14(25)21-16-9-11-17(12-10-16)22-19(26)18-8-5-13-24(18)20(27)23-15-6-3-2-4-7-15/h9-12,15,18H,2-8,13H2,1H3,(H,21,25)(H,22,26)(H,23,27)/t18-/m0/s1. The van der Waals surface area contributed by atoms with Gasteiger partial charge in [-0.1, -0.05) is 19.3 Å². The summed E-state index contributed by atoms with van der Waals surface area (Å²) in [6.07, 6.45) is 7.11. The van der Waals surface area contributed by atoms with Gasteiger partial charge >= 0.3 is 6.03 Å². The van der Waals surface area contributed by atoms with Crippen molar-refractivity contribution in [1.82, 2.24) is 10.2 Å². The van der Waals surface area contributed by atoms with Gasteiger partial charge in [0.15, 0.2) is 0 Å². The second kappa shape index (κ2) is 8.88. The number of amides is 4. The Hall–Kier alpha value is -2.57. The van der Waals surface area contributed by atoms with Crippen LogP contribution in [0.5, 0.6) is 0 Å². The minimum absolute atomic E-state index is 0.124. The number of carbonyl (C=O) groups excluding carboxylic acids is 3. The molecule has 3 N–H and O–H groups in total. The van der Waals surface area contributed by atoms with Crippen LogP contribution in [0.25, 0.3) is 0 Å². The lowest BCUT2D eigenvalue weighted by atomic mass is 9.96. The summed E-state index contributed by atoms with van der Waals surface area (Å²) in [5, 5.41) is 8.67. The first-order chi connectivity index (χ1) is 13.0. The Morgan fingerprint density at radius 1 is 0.889 bits per heavy atom. The van der Waals surface area contributed by atoms with Gasteiger partial charge in [0.1, 0.15) is 6.04 Å². The third-order valence-corrected chi connectivity index (χ3v) is 5.22. The molecule has 1 aliphatic carbocycles. The number of rotatable bonds is 4. The maximum atomic E-state index is 12.7. The van der Waals surface area contributed by atoms with Gasteiger partial charge in [-0.15, -0.1) is 0 Å². The number of urea groups is 1. The van der Waals surface area contributed by atoms with Crippen molar-refractivity contribution in [2.75, 3.05) is 17.2 Å². The van der Waals surface area contributed by atoms with E-state index >= 15 is 0 Å². The van der Waals surface area contributed by atoms with E-state index in [9.17, 15) is 14.4 Å². The number of nitrogens with one attached hydrogen (secondary N) is 3. The minimum Gasteiger partial charge on any atom is -0.335 e. The van der Waals surface area contributed by atoms with Gasteiger partial charge in [0.2, 0.25) is 11.8 Å². The van der Waals surface area contributed by atoms with Gasteiger partial charge in [0.25, 0.3) is 0 Å². The van der Waals surface area contributed by atoms with E-state index in [-0.39, 0.29) is 23.9 Å². The molecule has 0 aromatic heterocycles. The van der Waals surface area contributed by atoms with Crippen LogP contribution in [0.4, 0.5) is 16.2 Å². The van der Waals surface area contributed by atoms with Crippen molar-refractivity contribution in [3.8, 4) is 0 Å². The largest absolute Gasteiger partial charge is 0.335 e. The van der Waals surface area contributed by atoms with E-state index in [2.05, 4.69) is 16.0 Å². The molecule has 1 aliphatic heterocycles. The number of likely N-dealkylation sites (tertiary alicyclic amines) is 1. The van der Waals surface area contributed by atoms with Crippen molar-refractivity contribution in [2.45, 2.75) is 64.0 Å². The quantitative estimate of drug-likeness (QED) is 0.758. The number of benzene rings is 1. The maximum Gasteiger partial charge on any atom is 0.318 e. The molecule has 1 aromatic rings. The molecule has 0 radical (unpaired) electrons. The number of nitrogens with zero attached hydrogens (tertiary/aromatic N) is 1. The first kappa shape index (κ1) is 19.2. The number of anilines is 2. The summed E-state index contributed by atoms with van der Waals surface area (Å²) < 4.78 is 0. The van der Waals surface area contributed by atoms with E-state index in [1.54, 1.807) is 29.2 Å². The Labute approximate surface area is 159 Å². The first-order valence-electron chi connectivity index (χ1n) is 9.78. The second-order valence-electron chi connectivity index (χ2n) is 7.38. The number of hydrogen-bond donors (Lipinski definition) is 3. The van der Waals surface area contributed by atoms with E-state index in [0.717, 1.165) is 32.1 Å². The van der Waals surface area contributed by atoms with Gasteiger partial charge in [-0.05, 0) is 49.9 Å². The molecule has 146 valence electrons. The Bertz CT molecular complexity index is 683. The molecular formula is C20H28N4O3. The molecule has 2 fully saturated rings. The summed E-state index contributed by atoms with van der Waals surface area (Å²) in [5.41, 5.74) is 1.32. The fraction of sp³-hybridized carbons (Fsp3) is 0.550. The highest BCUT2D eigenvalue weighted by Gasteiger charge is 2.35. The predicted molar refractivity (Wildman–Crippen MR) is 105 cm³/mol. The third kappa shape index (κ3) is 5.21. The van der Waals surface area contributed by atoms with E-state index in [1.807, 2.05) is 0 Å². The molecule has 4 amide bonds. The molecule has 0 bridgehead atoms. The minimum atomic E-state index is -0.441. The molecule has 1 saturated heterocycles. The molecule has 2 aliphatic rings. The van der Waals surface area contributed by atoms with Gasteiger partial charge < -0.3 is 20.9 Å². The second-order valence-corrected chi connectivity index (χ2v) is 7.38. The van der Waals surface area contributed by atoms with E-state index < -0.39 is 6.04 Å². The van der Waals surface area contributed by atoms with Gasteiger partial charge in [0, 0.05) is 30.9 Å². The van der Waals surface area contributed by atoms with Gasteiger partial charge in [-0.2, -0.15) is 0 Å². The summed E-state index contributed by atoms with van der Waals surface area (Å²) in [4.78, 5) is 38.0. The Morgan fingerprint density at radius 2 is 1.52 bits per heavy atom. The van der Waals surface area contributed by atoms with Crippen LogP contribution in [-0.2, 0) is 9.59 Å². The molecule has 7 heteroatoms. The van der Waals surface area contributed by atoms with Crippen LogP contribution in [0, 0.1) is 0 Å². The molecule has 0 unspecified atom stereocenters. The van der Waals surface area contributed by atoms with E-state index in [4.69, 9.17) is 0 Å². The molecule has 1 atom stereocenters. The highest BCUT2D eigenvalue weighted by Crippen LogP contribution is 2.22. The Balaban J connectivity index is 1.56. The number of carbonyl (C=O) groups is 3. The van der Waals surface area contributed by atoms with Gasteiger partial charge in [-0.25, -0.2) is 4.79 Å². The summed E-state index contributed by atoms with van der Waals surface area (Å²) in [7, 11) is 0. The van der Waals surface area contributed by atoms with Crippen LogP contribution in [-0.4, -0.2) is 41.4 Å². The molecule has 1 saturated carbocycles. The lowest BCUT2D eigenvalue weighted by Crippen LogP contribution is -2.50. The highest BCUT2D eigenvalue weighted by molar-refractivity contribution is 5.97. The zero-order valence-electron chi connectivity index (χ0n) is 15.8. The van der Waals surface area contributed by atoms with Crippen LogP contribution < -0.4 is 16.0 Å². The molecule has 3 rings (SSSR count). The van der Waals surface area contributed by atoms with Gasteiger partial charge in [0.05, 0.1) is 0 Å². The molecule has 1 heterocycles. The van der Waals surface area contributed by atoms with Crippen molar-refractivity contribution in [3.05, 3.63) is 24.3 Å². The van der Waals surface area contributed by atoms with E-state index in [0.29, 0.717) is 24.3 Å². The molecule has 7 nitrogen and oxygen atoms in total. The first-order valence-corrected chi connectivity index (χ1v) is 9.78. The van der Waals surface area contributed by atoms with Crippen molar-refractivity contribution >= 4 is 29.2 Å². The fourth-order valence-corrected chi connectivity index (χ4v) is 3.85. The van der Waals surface area contributed by atoms with Crippen molar-refractivity contribution in [3.63, 3.8) is 0 Å². The topological polar surface area (TPSA) is 90.5 Å². The lowest BCUT2D eigenvalue weighted by Gasteiger charge is -2.29. The van der Waals surface area contributed by atoms with Crippen LogP contribution in [0.2, 0.25) is 0 Å².